The molecule has 0 saturated carbocycles. The van der Waals surface area contributed by atoms with Crippen LogP contribution in [0.25, 0.3) is 5.82 Å². The van der Waals surface area contributed by atoms with Gasteiger partial charge >= 0.3 is 0 Å². The second-order valence-electron chi connectivity index (χ2n) is 4.75. The fourth-order valence-electron chi connectivity index (χ4n) is 2.30. The number of likely N-dealkylation sites (tertiary alicyclic amines) is 1. The van der Waals surface area contributed by atoms with Crippen LogP contribution in [0.2, 0.25) is 0 Å². The Labute approximate surface area is 106 Å². The zero-order valence-corrected chi connectivity index (χ0v) is 10.5. The molecule has 0 aromatic carbocycles. The third-order valence-electron chi connectivity index (χ3n) is 3.25. The van der Waals surface area contributed by atoms with Crippen molar-refractivity contribution in [1.82, 2.24) is 19.7 Å². The highest BCUT2D eigenvalue weighted by molar-refractivity contribution is 5.44. The van der Waals surface area contributed by atoms with Gasteiger partial charge in [0.05, 0.1) is 11.9 Å². The van der Waals surface area contributed by atoms with Crippen molar-refractivity contribution in [2.45, 2.75) is 12.5 Å². The van der Waals surface area contributed by atoms with Gasteiger partial charge in [-0.3, -0.25) is 0 Å². The highest BCUT2D eigenvalue weighted by Crippen LogP contribution is 2.15. The van der Waals surface area contributed by atoms with Gasteiger partial charge in [-0.05, 0) is 38.2 Å². The van der Waals surface area contributed by atoms with Crippen molar-refractivity contribution < 1.29 is 0 Å². The summed E-state index contributed by atoms with van der Waals surface area (Å²) >= 11 is 0. The van der Waals surface area contributed by atoms with Crippen LogP contribution in [-0.4, -0.2) is 45.8 Å². The number of likely N-dealkylation sites (N-methyl/N-ethyl adjacent to an activating group) is 1. The lowest BCUT2D eigenvalue weighted by Crippen LogP contribution is -2.23. The molecule has 1 aliphatic rings. The van der Waals surface area contributed by atoms with Crippen LogP contribution in [-0.2, 0) is 0 Å². The quantitative estimate of drug-likeness (QED) is 0.884. The van der Waals surface area contributed by atoms with E-state index in [-0.39, 0.29) is 0 Å². The molecule has 5 heteroatoms. The van der Waals surface area contributed by atoms with E-state index in [4.69, 9.17) is 0 Å². The minimum atomic E-state index is 0.535. The minimum absolute atomic E-state index is 0.535. The molecule has 3 rings (SSSR count). The molecule has 1 unspecified atom stereocenters. The molecule has 1 fully saturated rings. The van der Waals surface area contributed by atoms with Crippen LogP contribution < -0.4 is 5.32 Å². The van der Waals surface area contributed by atoms with E-state index in [0.29, 0.717) is 6.04 Å². The fourth-order valence-corrected chi connectivity index (χ4v) is 2.30. The highest BCUT2D eigenvalue weighted by Gasteiger charge is 2.18. The molecule has 0 amide bonds. The van der Waals surface area contributed by atoms with Crippen molar-refractivity contribution in [2.75, 3.05) is 25.5 Å². The predicted octanol–water partition coefficient (Wildman–Crippen LogP) is 1.38. The summed E-state index contributed by atoms with van der Waals surface area (Å²) in [4.78, 5) is 6.74. The summed E-state index contributed by atoms with van der Waals surface area (Å²) in [6, 6.07) is 6.46. The summed E-state index contributed by atoms with van der Waals surface area (Å²) in [5, 5.41) is 7.67. The monoisotopic (exact) mass is 243 g/mol. The average Bonchev–Trinajstić information content (AvgIpc) is 3.02. The molecule has 2 aromatic rings. The van der Waals surface area contributed by atoms with Gasteiger partial charge in [0.1, 0.15) is 0 Å². The number of pyridine rings is 1. The molecule has 3 heterocycles. The molecule has 94 valence electrons. The topological polar surface area (TPSA) is 46.0 Å². The maximum Gasteiger partial charge on any atom is 0.153 e. The van der Waals surface area contributed by atoms with E-state index in [0.717, 1.165) is 24.6 Å². The molecule has 5 nitrogen and oxygen atoms in total. The molecule has 1 N–H and O–H groups in total. The van der Waals surface area contributed by atoms with Crippen molar-refractivity contribution in [2.24, 2.45) is 0 Å². The summed E-state index contributed by atoms with van der Waals surface area (Å²) < 4.78 is 1.76. The van der Waals surface area contributed by atoms with Crippen molar-refractivity contribution in [3.63, 3.8) is 0 Å². The van der Waals surface area contributed by atoms with E-state index in [1.165, 1.54) is 6.42 Å². The van der Waals surface area contributed by atoms with Crippen LogP contribution in [0.1, 0.15) is 6.42 Å². The smallest absolute Gasteiger partial charge is 0.153 e. The van der Waals surface area contributed by atoms with Crippen molar-refractivity contribution in [3.8, 4) is 5.82 Å². The van der Waals surface area contributed by atoms with E-state index in [1.807, 2.05) is 24.5 Å². The van der Waals surface area contributed by atoms with Gasteiger partial charge in [0.25, 0.3) is 0 Å². The molecule has 18 heavy (non-hydrogen) atoms. The number of anilines is 1. The first kappa shape index (κ1) is 11.2. The second-order valence-corrected chi connectivity index (χ2v) is 4.75. The van der Waals surface area contributed by atoms with Crippen LogP contribution in [0.15, 0.2) is 36.8 Å². The number of hydrogen-bond acceptors (Lipinski definition) is 4. The van der Waals surface area contributed by atoms with Gasteiger partial charge in [0, 0.05) is 25.0 Å². The van der Waals surface area contributed by atoms with Crippen molar-refractivity contribution in [3.05, 3.63) is 36.8 Å². The van der Waals surface area contributed by atoms with Gasteiger partial charge in [-0.2, -0.15) is 5.10 Å². The predicted molar refractivity (Wildman–Crippen MR) is 70.9 cm³/mol. The molecule has 0 bridgehead atoms. The number of rotatable bonds is 3. The van der Waals surface area contributed by atoms with Crippen LogP contribution in [0.3, 0.4) is 0 Å². The molecule has 2 aromatic heterocycles. The number of aromatic nitrogens is 3. The Morgan fingerprint density at radius 1 is 1.39 bits per heavy atom. The SMILES string of the molecule is CN1CCC(Nc2ccc(-n3cccn3)nc2)C1. The molecule has 0 radical (unpaired) electrons. The normalized spacial score (nSPS) is 20.2. The third-order valence-corrected chi connectivity index (χ3v) is 3.25. The number of nitrogens with one attached hydrogen (secondary N) is 1. The molecule has 0 aliphatic carbocycles. The van der Waals surface area contributed by atoms with E-state index < -0.39 is 0 Å². The lowest BCUT2D eigenvalue weighted by molar-refractivity contribution is 0.414. The number of hydrogen-bond donors (Lipinski definition) is 1. The first-order chi connectivity index (χ1) is 8.81. The van der Waals surface area contributed by atoms with E-state index in [1.54, 1.807) is 10.9 Å². The fraction of sp³-hybridized carbons (Fsp3) is 0.385. The Hall–Kier alpha value is -1.88. The Bertz CT molecular complexity index is 491. The Balaban J connectivity index is 1.68. The van der Waals surface area contributed by atoms with Gasteiger partial charge < -0.3 is 10.2 Å². The zero-order valence-electron chi connectivity index (χ0n) is 10.5. The lowest BCUT2D eigenvalue weighted by atomic mass is 10.2. The third kappa shape index (κ3) is 2.36. The van der Waals surface area contributed by atoms with E-state index in [9.17, 15) is 0 Å². The standard InChI is InChI=1S/C13H17N5/c1-17-8-5-12(10-17)16-11-3-4-13(14-9-11)18-7-2-6-15-18/h2-4,6-7,9,12,16H,5,8,10H2,1H3. The molecule has 0 spiro atoms. The maximum absolute atomic E-state index is 4.41. The maximum atomic E-state index is 4.41. The molecular weight excluding hydrogens is 226 g/mol. The largest absolute Gasteiger partial charge is 0.380 e. The Kier molecular flexibility index (Phi) is 2.98. The average molecular weight is 243 g/mol. The van der Waals surface area contributed by atoms with Crippen LogP contribution >= 0.6 is 0 Å². The summed E-state index contributed by atoms with van der Waals surface area (Å²) in [5.41, 5.74) is 1.08. The minimum Gasteiger partial charge on any atom is -0.380 e. The van der Waals surface area contributed by atoms with Crippen LogP contribution in [0, 0.1) is 0 Å². The molecule has 1 aliphatic heterocycles. The summed E-state index contributed by atoms with van der Waals surface area (Å²) in [6.07, 6.45) is 6.70. The highest BCUT2D eigenvalue weighted by atomic mass is 15.3. The van der Waals surface area contributed by atoms with Gasteiger partial charge in [-0.1, -0.05) is 0 Å². The zero-order chi connectivity index (χ0) is 12.4. The Morgan fingerprint density at radius 2 is 2.33 bits per heavy atom. The van der Waals surface area contributed by atoms with Gasteiger partial charge in [0.2, 0.25) is 0 Å². The van der Waals surface area contributed by atoms with Crippen LogP contribution in [0.4, 0.5) is 5.69 Å². The molecule has 1 atom stereocenters. The lowest BCUT2D eigenvalue weighted by Gasteiger charge is -2.14. The van der Waals surface area contributed by atoms with E-state index in [2.05, 4.69) is 33.4 Å². The first-order valence-corrected chi connectivity index (χ1v) is 6.22. The summed E-state index contributed by atoms with van der Waals surface area (Å²) in [5.74, 6) is 0.842. The van der Waals surface area contributed by atoms with Crippen molar-refractivity contribution in [1.29, 1.82) is 0 Å². The second kappa shape index (κ2) is 4.78. The number of nitrogens with zero attached hydrogens (tertiary/aromatic N) is 4. The van der Waals surface area contributed by atoms with E-state index >= 15 is 0 Å². The van der Waals surface area contributed by atoms with Gasteiger partial charge in [-0.15, -0.1) is 0 Å². The molecule has 1 saturated heterocycles. The first-order valence-electron chi connectivity index (χ1n) is 6.22. The Morgan fingerprint density at radius 3 is 2.94 bits per heavy atom. The van der Waals surface area contributed by atoms with Crippen molar-refractivity contribution >= 4 is 5.69 Å². The van der Waals surface area contributed by atoms with Crippen LogP contribution in [0.5, 0.6) is 0 Å². The van der Waals surface area contributed by atoms with Gasteiger partial charge in [-0.25, -0.2) is 9.67 Å². The summed E-state index contributed by atoms with van der Waals surface area (Å²) in [7, 11) is 2.15. The van der Waals surface area contributed by atoms with Gasteiger partial charge in [0.15, 0.2) is 5.82 Å². The molecular formula is C13H17N5. The summed E-state index contributed by atoms with van der Waals surface area (Å²) in [6.45, 7) is 2.26.